The molecule has 0 aliphatic carbocycles. The number of aromatic amines is 1. The Morgan fingerprint density at radius 3 is 3.00 bits per heavy atom. The third-order valence-corrected chi connectivity index (χ3v) is 2.51. The summed E-state index contributed by atoms with van der Waals surface area (Å²) in [6, 6.07) is 3.71. The van der Waals surface area contributed by atoms with Gasteiger partial charge in [-0.1, -0.05) is 11.6 Å². The van der Waals surface area contributed by atoms with E-state index in [4.69, 9.17) is 17.3 Å². The van der Waals surface area contributed by atoms with Gasteiger partial charge >= 0.3 is 0 Å². The lowest BCUT2D eigenvalue weighted by atomic mass is 10.1. The van der Waals surface area contributed by atoms with Crippen LogP contribution in [0.3, 0.4) is 0 Å². The Balaban J connectivity index is 2.88. The number of nitrogens with two attached hydrogens (primary N) is 1. The summed E-state index contributed by atoms with van der Waals surface area (Å²) in [5.74, 6) is 0. The Morgan fingerprint density at radius 1 is 1.54 bits per heavy atom. The molecule has 68 valence electrons. The number of aromatic nitrogens is 2. The topological polar surface area (TPSA) is 54.7 Å². The second kappa shape index (κ2) is 3.01. The second-order valence-electron chi connectivity index (χ2n) is 2.97. The molecule has 2 aromatic rings. The molecule has 2 rings (SSSR count). The van der Waals surface area contributed by atoms with Crippen LogP contribution in [0.15, 0.2) is 12.1 Å². The molecule has 13 heavy (non-hydrogen) atoms. The molecule has 0 saturated carbocycles. The van der Waals surface area contributed by atoms with E-state index in [1.165, 1.54) is 0 Å². The molecule has 1 heterocycles. The zero-order chi connectivity index (χ0) is 9.42. The summed E-state index contributed by atoms with van der Waals surface area (Å²) in [5, 5.41) is 8.80. The number of nitrogens with one attached hydrogen (secondary N) is 1. The van der Waals surface area contributed by atoms with E-state index in [1.54, 1.807) is 0 Å². The molecule has 0 bridgehead atoms. The van der Waals surface area contributed by atoms with Crippen molar-refractivity contribution in [1.29, 1.82) is 0 Å². The van der Waals surface area contributed by atoms with Gasteiger partial charge in [0, 0.05) is 22.6 Å². The maximum Gasteiger partial charge on any atom is 0.0927 e. The van der Waals surface area contributed by atoms with Gasteiger partial charge in [0.1, 0.15) is 0 Å². The van der Waals surface area contributed by atoms with E-state index in [0.29, 0.717) is 11.6 Å². The van der Waals surface area contributed by atoms with Gasteiger partial charge in [0.2, 0.25) is 0 Å². The molecule has 0 fully saturated rings. The third kappa shape index (κ3) is 1.20. The van der Waals surface area contributed by atoms with Gasteiger partial charge in [-0.2, -0.15) is 5.10 Å². The molecule has 4 heteroatoms. The van der Waals surface area contributed by atoms with Gasteiger partial charge in [-0.3, -0.25) is 5.10 Å². The Kier molecular flexibility index (Phi) is 1.98. The highest BCUT2D eigenvalue weighted by atomic mass is 35.5. The molecule has 0 saturated heterocycles. The predicted molar refractivity (Wildman–Crippen MR) is 53.7 cm³/mol. The number of benzene rings is 1. The van der Waals surface area contributed by atoms with E-state index in [1.807, 2.05) is 19.1 Å². The molecule has 0 aliphatic heterocycles. The van der Waals surface area contributed by atoms with Crippen molar-refractivity contribution in [3.63, 3.8) is 0 Å². The van der Waals surface area contributed by atoms with Gasteiger partial charge in [0.15, 0.2) is 0 Å². The highest BCUT2D eigenvalue weighted by molar-refractivity contribution is 6.32. The van der Waals surface area contributed by atoms with Crippen molar-refractivity contribution < 1.29 is 0 Å². The Morgan fingerprint density at radius 2 is 2.31 bits per heavy atom. The molecule has 0 radical (unpaired) electrons. The van der Waals surface area contributed by atoms with E-state index < -0.39 is 0 Å². The van der Waals surface area contributed by atoms with Crippen LogP contribution in [0.1, 0.15) is 11.3 Å². The fraction of sp³-hybridized carbons (Fsp3) is 0.222. The number of fused-ring (bicyclic) bond motifs is 1. The minimum Gasteiger partial charge on any atom is -0.326 e. The fourth-order valence-electron chi connectivity index (χ4n) is 1.52. The van der Waals surface area contributed by atoms with E-state index in [2.05, 4.69) is 10.2 Å². The number of hydrogen-bond acceptors (Lipinski definition) is 2. The van der Waals surface area contributed by atoms with Crippen LogP contribution in [0.2, 0.25) is 5.02 Å². The molecular weight excluding hydrogens is 186 g/mol. The van der Waals surface area contributed by atoms with Crippen molar-refractivity contribution in [2.24, 2.45) is 5.73 Å². The number of rotatable bonds is 1. The molecule has 0 unspecified atom stereocenters. The van der Waals surface area contributed by atoms with Crippen molar-refractivity contribution >= 4 is 22.5 Å². The molecule has 0 amide bonds. The molecule has 3 N–H and O–H groups in total. The van der Waals surface area contributed by atoms with Crippen LogP contribution in [0, 0.1) is 6.92 Å². The van der Waals surface area contributed by atoms with Gasteiger partial charge in [-0.05, 0) is 24.6 Å². The zero-order valence-electron chi connectivity index (χ0n) is 7.26. The lowest BCUT2D eigenvalue weighted by molar-refractivity contribution is 1.06. The number of aryl methyl sites for hydroxylation is 1. The molecule has 0 atom stereocenters. The quantitative estimate of drug-likeness (QED) is 0.731. The number of nitrogens with zero attached hydrogens (tertiary/aromatic N) is 1. The first-order valence-corrected chi connectivity index (χ1v) is 4.44. The lowest BCUT2D eigenvalue weighted by Crippen LogP contribution is -1.98. The monoisotopic (exact) mass is 195 g/mol. The summed E-state index contributed by atoms with van der Waals surface area (Å²) < 4.78 is 0. The van der Waals surface area contributed by atoms with Gasteiger partial charge in [0.05, 0.1) is 5.52 Å². The van der Waals surface area contributed by atoms with Crippen LogP contribution in [0.25, 0.3) is 10.9 Å². The Hall–Kier alpha value is -1.06. The predicted octanol–water partition coefficient (Wildman–Crippen LogP) is 1.98. The molecule has 3 nitrogen and oxygen atoms in total. The van der Waals surface area contributed by atoms with Crippen molar-refractivity contribution in [1.82, 2.24) is 10.2 Å². The summed E-state index contributed by atoms with van der Waals surface area (Å²) in [4.78, 5) is 0. The SMILES string of the molecule is Cc1[nH]nc2ccc(Cl)c(CN)c12. The van der Waals surface area contributed by atoms with E-state index in [-0.39, 0.29) is 0 Å². The normalized spacial score (nSPS) is 11.0. The summed E-state index contributed by atoms with van der Waals surface area (Å²) in [6.45, 7) is 2.40. The number of hydrogen-bond donors (Lipinski definition) is 2. The van der Waals surface area contributed by atoms with Crippen LogP contribution in [-0.4, -0.2) is 10.2 Å². The van der Waals surface area contributed by atoms with Crippen molar-refractivity contribution in [2.45, 2.75) is 13.5 Å². The lowest BCUT2D eigenvalue weighted by Gasteiger charge is -2.02. The first-order chi connectivity index (χ1) is 6.24. The van der Waals surface area contributed by atoms with Gasteiger partial charge in [-0.15, -0.1) is 0 Å². The van der Waals surface area contributed by atoms with Gasteiger partial charge in [-0.25, -0.2) is 0 Å². The summed E-state index contributed by atoms with van der Waals surface area (Å²) >= 11 is 6.01. The maximum atomic E-state index is 6.01. The maximum absolute atomic E-state index is 6.01. The van der Waals surface area contributed by atoms with Crippen LogP contribution in [-0.2, 0) is 6.54 Å². The van der Waals surface area contributed by atoms with E-state index >= 15 is 0 Å². The van der Waals surface area contributed by atoms with Crippen LogP contribution in [0.4, 0.5) is 0 Å². The number of H-pyrrole nitrogens is 1. The smallest absolute Gasteiger partial charge is 0.0927 e. The standard InChI is InChI=1S/C9H10ClN3/c1-5-9-6(4-11)7(10)2-3-8(9)13-12-5/h2-3H,4,11H2,1H3,(H,12,13). The molecule has 1 aromatic carbocycles. The van der Waals surface area contributed by atoms with Crippen molar-refractivity contribution in [3.8, 4) is 0 Å². The average Bonchev–Trinajstić information content (AvgIpc) is 2.49. The zero-order valence-corrected chi connectivity index (χ0v) is 8.02. The van der Waals surface area contributed by atoms with Crippen molar-refractivity contribution in [2.75, 3.05) is 0 Å². The van der Waals surface area contributed by atoms with Crippen LogP contribution >= 0.6 is 11.6 Å². The van der Waals surface area contributed by atoms with E-state index in [0.717, 1.165) is 22.2 Å². The Bertz CT molecular complexity index is 447. The minimum atomic E-state index is 0.441. The second-order valence-corrected chi connectivity index (χ2v) is 3.38. The molecule has 0 spiro atoms. The molecule has 1 aromatic heterocycles. The summed E-state index contributed by atoms with van der Waals surface area (Å²) in [5.41, 5.74) is 8.51. The first kappa shape index (κ1) is 8.53. The molecular formula is C9H10ClN3. The third-order valence-electron chi connectivity index (χ3n) is 2.16. The van der Waals surface area contributed by atoms with E-state index in [9.17, 15) is 0 Å². The van der Waals surface area contributed by atoms with Crippen molar-refractivity contribution in [3.05, 3.63) is 28.4 Å². The minimum absolute atomic E-state index is 0.441. The van der Waals surface area contributed by atoms with Gasteiger partial charge in [0.25, 0.3) is 0 Å². The Labute approximate surface area is 80.9 Å². The summed E-state index contributed by atoms with van der Waals surface area (Å²) in [6.07, 6.45) is 0. The average molecular weight is 196 g/mol. The highest BCUT2D eigenvalue weighted by Crippen LogP contribution is 2.26. The van der Waals surface area contributed by atoms with Gasteiger partial charge < -0.3 is 5.73 Å². The molecule has 0 aliphatic rings. The van der Waals surface area contributed by atoms with Crippen LogP contribution in [0.5, 0.6) is 0 Å². The summed E-state index contributed by atoms with van der Waals surface area (Å²) in [7, 11) is 0. The largest absolute Gasteiger partial charge is 0.326 e. The first-order valence-electron chi connectivity index (χ1n) is 4.06. The van der Waals surface area contributed by atoms with Crippen LogP contribution < -0.4 is 5.73 Å². The number of halogens is 1. The fourth-order valence-corrected chi connectivity index (χ4v) is 1.76. The highest BCUT2D eigenvalue weighted by Gasteiger charge is 2.08.